The lowest BCUT2D eigenvalue weighted by Crippen LogP contribution is -2.24. The first kappa shape index (κ1) is 21.6. The van der Waals surface area contributed by atoms with Gasteiger partial charge >= 0.3 is 0 Å². The predicted octanol–water partition coefficient (Wildman–Crippen LogP) is 8.23. The standard InChI is InChI=1S/C34H26N2O/c1-22-15-17-30-27(19-22)28-20-23(2)16-18-31(28)36(30)32-14-8-11-25-21-35(34(37)33(25)32)29-13-7-6-12-26(29)24-9-4-3-5-10-24/h3-20H,21H2,1-2H3. The molecule has 0 spiro atoms. The molecule has 178 valence electrons. The smallest absolute Gasteiger partial charge is 0.261 e. The average Bonchev–Trinajstić information content (AvgIpc) is 3.43. The van der Waals surface area contributed by atoms with Crippen LogP contribution in [0.25, 0.3) is 38.6 Å². The van der Waals surface area contributed by atoms with E-state index in [-0.39, 0.29) is 5.91 Å². The van der Waals surface area contributed by atoms with E-state index in [4.69, 9.17) is 0 Å². The number of hydrogen-bond donors (Lipinski definition) is 0. The van der Waals surface area contributed by atoms with Crippen molar-refractivity contribution in [1.82, 2.24) is 4.57 Å². The molecule has 0 fully saturated rings. The summed E-state index contributed by atoms with van der Waals surface area (Å²) in [5.74, 6) is 0.0446. The van der Waals surface area contributed by atoms with Crippen LogP contribution in [0.4, 0.5) is 5.69 Å². The first-order valence-corrected chi connectivity index (χ1v) is 12.7. The molecule has 1 aliphatic heterocycles. The van der Waals surface area contributed by atoms with Gasteiger partial charge in [-0.2, -0.15) is 0 Å². The minimum absolute atomic E-state index is 0.0446. The zero-order valence-corrected chi connectivity index (χ0v) is 20.9. The van der Waals surface area contributed by atoms with Crippen LogP contribution in [-0.4, -0.2) is 10.5 Å². The number of fused-ring (bicyclic) bond motifs is 4. The minimum Gasteiger partial charge on any atom is -0.308 e. The molecular weight excluding hydrogens is 452 g/mol. The molecule has 7 rings (SSSR count). The highest BCUT2D eigenvalue weighted by Crippen LogP contribution is 2.40. The number of hydrogen-bond acceptors (Lipinski definition) is 1. The molecular formula is C34H26N2O. The lowest BCUT2D eigenvalue weighted by atomic mass is 10.0. The fourth-order valence-corrected chi connectivity index (χ4v) is 5.80. The van der Waals surface area contributed by atoms with E-state index in [0.717, 1.165) is 44.7 Å². The zero-order chi connectivity index (χ0) is 25.1. The summed E-state index contributed by atoms with van der Waals surface area (Å²) in [4.78, 5) is 16.1. The van der Waals surface area contributed by atoms with Crippen LogP contribution in [0.2, 0.25) is 0 Å². The summed E-state index contributed by atoms with van der Waals surface area (Å²) in [6.45, 7) is 4.82. The van der Waals surface area contributed by atoms with Crippen molar-refractivity contribution in [3.05, 3.63) is 131 Å². The number of carbonyl (C=O) groups excluding carboxylic acids is 1. The lowest BCUT2D eigenvalue weighted by Gasteiger charge is -2.20. The van der Waals surface area contributed by atoms with Crippen LogP contribution in [0.5, 0.6) is 0 Å². The number of anilines is 1. The zero-order valence-electron chi connectivity index (χ0n) is 20.9. The summed E-state index contributed by atoms with van der Waals surface area (Å²) in [6, 6.07) is 37.9. The van der Waals surface area contributed by atoms with Crippen molar-refractivity contribution in [2.45, 2.75) is 20.4 Å². The maximum atomic E-state index is 14.2. The first-order chi connectivity index (χ1) is 18.1. The van der Waals surface area contributed by atoms with Gasteiger partial charge in [0.25, 0.3) is 5.91 Å². The minimum atomic E-state index is 0.0446. The second kappa shape index (κ2) is 8.21. The van der Waals surface area contributed by atoms with Crippen molar-refractivity contribution in [3.8, 4) is 16.8 Å². The maximum absolute atomic E-state index is 14.2. The molecule has 0 atom stereocenters. The highest BCUT2D eigenvalue weighted by Gasteiger charge is 2.33. The third-order valence-corrected chi connectivity index (χ3v) is 7.51. The van der Waals surface area contributed by atoms with Crippen LogP contribution in [0.15, 0.2) is 109 Å². The Balaban J connectivity index is 1.43. The summed E-state index contributed by atoms with van der Waals surface area (Å²) in [5, 5.41) is 2.43. The maximum Gasteiger partial charge on any atom is 0.261 e. The molecule has 0 saturated carbocycles. The first-order valence-electron chi connectivity index (χ1n) is 12.7. The van der Waals surface area contributed by atoms with Crippen LogP contribution < -0.4 is 4.90 Å². The van der Waals surface area contributed by atoms with E-state index in [2.05, 4.69) is 97.3 Å². The molecule has 1 amide bonds. The summed E-state index contributed by atoms with van der Waals surface area (Å²) in [5.41, 5.74) is 10.6. The average molecular weight is 479 g/mol. The van der Waals surface area contributed by atoms with Gasteiger partial charge in [-0.3, -0.25) is 4.79 Å². The van der Waals surface area contributed by atoms with Gasteiger partial charge in [0.1, 0.15) is 0 Å². The van der Waals surface area contributed by atoms with E-state index in [0.29, 0.717) is 6.54 Å². The number of aryl methyl sites for hydroxylation is 2. The number of rotatable bonds is 3. The summed E-state index contributed by atoms with van der Waals surface area (Å²) in [6.07, 6.45) is 0. The van der Waals surface area contributed by atoms with Crippen molar-refractivity contribution >= 4 is 33.4 Å². The Morgan fingerprint density at radius 2 is 1.24 bits per heavy atom. The molecule has 0 aliphatic carbocycles. The van der Waals surface area contributed by atoms with Gasteiger partial charge in [-0.25, -0.2) is 0 Å². The number of amides is 1. The van der Waals surface area contributed by atoms with Crippen molar-refractivity contribution < 1.29 is 4.79 Å². The molecule has 1 aliphatic rings. The van der Waals surface area contributed by atoms with Gasteiger partial charge in [-0.15, -0.1) is 0 Å². The van der Waals surface area contributed by atoms with Gasteiger partial charge in [0, 0.05) is 16.3 Å². The van der Waals surface area contributed by atoms with Crippen LogP contribution >= 0.6 is 0 Å². The lowest BCUT2D eigenvalue weighted by molar-refractivity contribution is 0.0997. The Labute approximate surface area is 216 Å². The molecule has 0 N–H and O–H groups in total. The molecule has 6 aromatic rings. The molecule has 0 saturated heterocycles. The van der Waals surface area contributed by atoms with Crippen molar-refractivity contribution in [2.24, 2.45) is 0 Å². The third kappa shape index (κ3) is 3.31. The Morgan fingerprint density at radius 1 is 0.622 bits per heavy atom. The molecule has 0 radical (unpaired) electrons. The van der Waals surface area contributed by atoms with Crippen LogP contribution in [0, 0.1) is 13.8 Å². The van der Waals surface area contributed by atoms with E-state index in [1.807, 2.05) is 35.2 Å². The van der Waals surface area contributed by atoms with Crippen molar-refractivity contribution in [1.29, 1.82) is 0 Å². The number of benzene rings is 5. The molecule has 37 heavy (non-hydrogen) atoms. The van der Waals surface area contributed by atoms with Gasteiger partial charge in [-0.1, -0.05) is 83.9 Å². The molecule has 2 heterocycles. The van der Waals surface area contributed by atoms with E-state index >= 15 is 0 Å². The second-order valence-corrected chi connectivity index (χ2v) is 9.96. The Kier molecular flexibility index (Phi) is 4.80. The van der Waals surface area contributed by atoms with Crippen molar-refractivity contribution in [2.75, 3.05) is 4.90 Å². The summed E-state index contributed by atoms with van der Waals surface area (Å²) < 4.78 is 2.27. The fraction of sp³-hybridized carbons (Fsp3) is 0.0882. The molecule has 1 aromatic heterocycles. The Bertz CT molecular complexity index is 1790. The van der Waals surface area contributed by atoms with Crippen LogP contribution in [0.1, 0.15) is 27.0 Å². The highest BCUT2D eigenvalue weighted by molar-refractivity contribution is 6.16. The van der Waals surface area contributed by atoms with E-state index < -0.39 is 0 Å². The molecule has 3 nitrogen and oxygen atoms in total. The Morgan fingerprint density at radius 3 is 1.95 bits per heavy atom. The van der Waals surface area contributed by atoms with Gasteiger partial charge in [0.2, 0.25) is 0 Å². The number of nitrogens with zero attached hydrogens (tertiary/aromatic N) is 2. The van der Waals surface area contributed by atoms with Gasteiger partial charge in [-0.05, 0) is 61.4 Å². The molecule has 3 heteroatoms. The topological polar surface area (TPSA) is 25.2 Å². The van der Waals surface area contributed by atoms with Gasteiger partial charge in [0.15, 0.2) is 0 Å². The fourth-order valence-electron chi connectivity index (χ4n) is 5.80. The van der Waals surface area contributed by atoms with E-state index in [9.17, 15) is 4.79 Å². The van der Waals surface area contributed by atoms with Gasteiger partial charge in [0.05, 0.1) is 34.5 Å². The third-order valence-electron chi connectivity index (χ3n) is 7.51. The SMILES string of the molecule is Cc1ccc2c(c1)c1cc(C)ccc1n2-c1cccc2c1C(=O)N(c1ccccc1-c1ccccc1)C2. The van der Waals surface area contributed by atoms with Crippen molar-refractivity contribution in [3.63, 3.8) is 0 Å². The Hall–Kier alpha value is -4.63. The quantitative estimate of drug-likeness (QED) is 0.251. The number of para-hydroxylation sites is 1. The molecule has 5 aromatic carbocycles. The van der Waals surface area contributed by atoms with Crippen LogP contribution in [0.3, 0.4) is 0 Å². The summed E-state index contributed by atoms with van der Waals surface area (Å²) in [7, 11) is 0. The molecule has 0 bridgehead atoms. The van der Waals surface area contributed by atoms with E-state index in [1.165, 1.54) is 21.9 Å². The summed E-state index contributed by atoms with van der Waals surface area (Å²) >= 11 is 0. The monoisotopic (exact) mass is 478 g/mol. The second-order valence-electron chi connectivity index (χ2n) is 9.96. The predicted molar refractivity (Wildman–Crippen MR) is 153 cm³/mol. The normalized spacial score (nSPS) is 13.0. The van der Waals surface area contributed by atoms with Gasteiger partial charge < -0.3 is 9.47 Å². The van der Waals surface area contributed by atoms with Crippen LogP contribution in [-0.2, 0) is 6.54 Å². The highest BCUT2D eigenvalue weighted by atomic mass is 16.2. The number of carbonyl (C=O) groups is 1. The largest absolute Gasteiger partial charge is 0.308 e. The molecule has 0 unspecified atom stereocenters. The van der Waals surface area contributed by atoms with E-state index in [1.54, 1.807) is 0 Å². The number of aromatic nitrogens is 1.